The zero-order valence-corrected chi connectivity index (χ0v) is 7.88. The Bertz CT molecular complexity index is 159. The van der Waals surface area contributed by atoms with E-state index in [9.17, 15) is 4.79 Å². The Hall–Kier alpha value is -0.570. The summed E-state index contributed by atoms with van der Waals surface area (Å²) >= 11 is 0. The lowest BCUT2D eigenvalue weighted by Crippen LogP contribution is -2.36. The van der Waals surface area contributed by atoms with E-state index in [1.165, 1.54) is 0 Å². The Balaban J connectivity index is 2.35. The van der Waals surface area contributed by atoms with Crippen molar-refractivity contribution in [2.45, 2.75) is 32.7 Å². The lowest BCUT2D eigenvalue weighted by atomic mass is 10.2. The van der Waals surface area contributed by atoms with Crippen LogP contribution >= 0.6 is 0 Å². The maximum absolute atomic E-state index is 11.1. The number of carbonyl (C=O) groups is 1. The number of rotatable bonds is 3. The molecular weight excluding hydrogens is 154 g/mol. The van der Waals surface area contributed by atoms with Gasteiger partial charge in [0.1, 0.15) is 0 Å². The van der Waals surface area contributed by atoms with E-state index in [0.717, 1.165) is 26.0 Å². The van der Waals surface area contributed by atoms with E-state index in [0.29, 0.717) is 12.6 Å². The Morgan fingerprint density at radius 2 is 2.42 bits per heavy atom. The molecule has 3 nitrogen and oxygen atoms in total. The summed E-state index contributed by atoms with van der Waals surface area (Å²) in [5, 5.41) is 0. The molecule has 70 valence electrons. The molecule has 12 heavy (non-hydrogen) atoms. The molecule has 1 atom stereocenters. The number of hydrogen-bond acceptors (Lipinski definition) is 2. The molecule has 0 N–H and O–H groups in total. The Morgan fingerprint density at radius 1 is 1.67 bits per heavy atom. The molecule has 1 rings (SSSR count). The van der Waals surface area contributed by atoms with Gasteiger partial charge in [0.05, 0.1) is 12.6 Å². The fourth-order valence-corrected chi connectivity index (χ4v) is 1.68. The number of likely N-dealkylation sites (tertiary alicyclic amines) is 1. The van der Waals surface area contributed by atoms with E-state index in [-0.39, 0.29) is 5.91 Å². The molecule has 0 aliphatic carbocycles. The second-order valence-corrected chi connectivity index (χ2v) is 3.17. The highest BCUT2D eigenvalue weighted by Gasteiger charge is 2.25. The van der Waals surface area contributed by atoms with E-state index >= 15 is 0 Å². The van der Waals surface area contributed by atoms with Crippen molar-refractivity contribution in [3.05, 3.63) is 0 Å². The molecule has 1 saturated heterocycles. The molecule has 1 amide bonds. The molecule has 0 saturated carbocycles. The van der Waals surface area contributed by atoms with Gasteiger partial charge in [-0.2, -0.15) is 0 Å². The minimum Gasteiger partial charge on any atom is -0.380 e. The molecule has 0 bridgehead atoms. The summed E-state index contributed by atoms with van der Waals surface area (Å²) in [5.74, 6) is 0.178. The fraction of sp³-hybridized carbons (Fsp3) is 0.889. The van der Waals surface area contributed by atoms with Crippen molar-refractivity contribution in [3.63, 3.8) is 0 Å². The molecule has 0 aromatic heterocycles. The molecule has 0 aromatic carbocycles. The van der Waals surface area contributed by atoms with Crippen LogP contribution in [0.2, 0.25) is 0 Å². The SMILES string of the molecule is CCOC[C@@H]1CCCN1C(C)=O. The number of nitrogens with zero attached hydrogens (tertiary/aromatic N) is 1. The van der Waals surface area contributed by atoms with Crippen LogP contribution in [0.4, 0.5) is 0 Å². The van der Waals surface area contributed by atoms with Gasteiger partial charge in [-0.1, -0.05) is 0 Å². The Kier molecular flexibility index (Phi) is 3.53. The molecule has 3 heteroatoms. The van der Waals surface area contributed by atoms with Crippen LogP contribution in [0, 0.1) is 0 Å². The lowest BCUT2D eigenvalue weighted by Gasteiger charge is -2.22. The van der Waals surface area contributed by atoms with Gasteiger partial charge in [-0.15, -0.1) is 0 Å². The van der Waals surface area contributed by atoms with Gasteiger partial charge >= 0.3 is 0 Å². The molecule has 0 aromatic rings. The number of amides is 1. The average Bonchev–Trinajstić information content (AvgIpc) is 2.48. The maximum Gasteiger partial charge on any atom is 0.219 e. The molecular formula is C9H17NO2. The summed E-state index contributed by atoms with van der Waals surface area (Å²) in [6.07, 6.45) is 2.22. The first-order valence-electron chi connectivity index (χ1n) is 4.60. The van der Waals surface area contributed by atoms with Crippen molar-refractivity contribution in [2.24, 2.45) is 0 Å². The predicted molar refractivity (Wildman–Crippen MR) is 46.9 cm³/mol. The average molecular weight is 171 g/mol. The quantitative estimate of drug-likeness (QED) is 0.635. The number of carbonyl (C=O) groups excluding carboxylic acids is 1. The summed E-state index contributed by atoms with van der Waals surface area (Å²) in [6, 6.07) is 0.336. The van der Waals surface area contributed by atoms with Crippen LogP contribution in [0.5, 0.6) is 0 Å². The van der Waals surface area contributed by atoms with E-state index in [4.69, 9.17) is 4.74 Å². The molecule has 0 radical (unpaired) electrons. The highest BCUT2D eigenvalue weighted by Crippen LogP contribution is 2.17. The zero-order chi connectivity index (χ0) is 8.97. The monoisotopic (exact) mass is 171 g/mol. The third kappa shape index (κ3) is 2.21. The summed E-state index contributed by atoms with van der Waals surface area (Å²) in [6.45, 7) is 5.96. The predicted octanol–water partition coefficient (Wildman–Crippen LogP) is 1.03. The minimum absolute atomic E-state index is 0.178. The largest absolute Gasteiger partial charge is 0.380 e. The first kappa shape index (κ1) is 9.52. The van der Waals surface area contributed by atoms with E-state index in [2.05, 4.69) is 0 Å². The van der Waals surface area contributed by atoms with Crippen LogP contribution in [-0.2, 0) is 9.53 Å². The van der Waals surface area contributed by atoms with Gasteiger partial charge in [-0.05, 0) is 19.8 Å². The highest BCUT2D eigenvalue weighted by atomic mass is 16.5. The molecule has 1 aliphatic heterocycles. The third-order valence-electron chi connectivity index (χ3n) is 2.30. The van der Waals surface area contributed by atoms with Crippen molar-refractivity contribution in [1.82, 2.24) is 4.90 Å². The van der Waals surface area contributed by atoms with Gasteiger partial charge in [-0.3, -0.25) is 4.79 Å². The smallest absolute Gasteiger partial charge is 0.219 e. The van der Waals surface area contributed by atoms with E-state index < -0.39 is 0 Å². The van der Waals surface area contributed by atoms with Crippen LogP contribution in [0.1, 0.15) is 26.7 Å². The molecule has 1 aliphatic rings. The van der Waals surface area contributed by atoms with Gasteiger partial charge in [0.25, 0.3) is 0 Å². The van der Waals surface area contributed by atoms with Crippen LogP contribution in [0.25, 0.3) is 0 Å². The van der Waals surface area contributed by atoms with Crippen molar-refractivity contribution < 1.29 is 9.53 Å². The Labute approximate surface area is 73.7 Å². The Morgan fingerprint density at radius 3 is 3.00 bits per heavy atom. The fourth-order valence-electron chi connectivity index (χ4n) is 1.68. The molecule has 0 unspecified atom stereocenters. The summed E-state index contributed by atoms with van der Waals surface area (Å²) < 4.78 is 5.30. The second kappa shape index (κ2) is 4.45. The van der Waals surface area contributed by atoms with Crippen LogP contribution < -0.4 is 0 Å². The first-order chi connectivity index (χ1) is 5.75. The summed E-state index contributed by atoms with van der Waals surface area (Å²) in [7, 11) is 0. The van der Waals surface area contributed by atoms with Crippen LogP contribution in [-0.4, -0.2) is 36.6 Å². The standard InChI is InChI=1S/C9H17NO2/c1-3-12-7-9-5-4-6-10(9)8(2)11/h9H,3-7H2,1-2H3/t9-/m0/s1. The van der Waals surface area contributed by atoms with E-state index in [1.54, 1.807) is 6.92 Å². The van der Waals surface area contributed by atoms with Crippen molar-refractivity contribution in [3.8, 4) is 0 Å². The zero-order valence-electron chi connectivity index (χ0n) is 7.88. The van der Waals surface area contributed by atoms with Gasteiger partial charge in [-0.25, -0.2) is 0 Å². The number of ether oxygens (including phenoxy) is 1. The molecule has 1 heterocycles. The van der Waals surface area contributed by atoms with Gasteiger partial charge in [0, 0.05) is 20.1 Å². The normalized spacial score (nSPS) is 23.2. The minimum atomic E-state index is 0.178. The third-order valence-corrected chi connectivity index (χ3v) is 2.30. The van der Waals surface area contributed by atoms with Crippen LogP contribution in [0.3, 0.4) is 0 Å². The topological polar surface area (TPSA) is 29.5 Å². The van der Waals surface area contributed by atoms with Crippen LogP contribution in [0.15, 0.2) is 0 Å². The van der Waals surface area contributed by atoms with Gasteiger partial charge in [0.15, 0.2) is 0 Å². The van der Waals surface area contributed by atoms with Gasteiger partial charge < -0.3 is 9.64 Å². The van der Waals surface area contributed by atoms with Crippen molar-refractivity contribution >= 4 is 5.91 Å². The van der Waals surface area contributed by atoms with Gasteiger partial charge in [0.2, 0.25) is 5.91 Å². The van der Waals surface area contributed by atoms with Crippen molar-refractivity contribution in [1.29, 1.82) is 0 Å². The second-order valence-electron chi connectivity index (χ2n) is 3.17. The summed E-state index contributed by atoms with van der Waals surface area (Å²) in [4.78, 5) is 13.0. The number of hydrogen-bond donors (Lipinski definition) is 0. The van der Waals surface area contributed by atoms with Crippen molar-refractivity contribution in [2.75, 3.05) is 19.8 Å². The summed E-state index contributed by atoms with van der Waals surface area (Å²) in [5.41, 5.74) is 0. The first-order valence-corrected chi connectivity index (χ1v) is 4.60. The maximum atomic E-state index is 11.1. The molecule has 0 spiro atoms. The highest BCUT2D eigenvalue weighted by molar-refractivity contribution is 5.73. The van der Waals surface area contributed by atoms with E-state index in [1.807, 2.05) is 11.8 Å². The molecule has 1 fully saturated rings. The lowest BCUT2D eigenvalue weighted by molar-refractivity contribution is -0.130.